The first-order valence-corrected chi connectivity index (χ1v) is 17.2. The van der Waals surface area contributed by atoms with E-state index in [0.717, 1.165) is 71.2 Å². The van der Waals surface area contributed by atoms with Crippen LogP contribution in [0.3, 0.4) is 0 Å². The Kier molecular flexibility index (Phi) is 7.70. The molecule has 48 heavy (non-hydrogen) atoms. The van der Waals surface area contributed by atoms with E-state index in [9.17, 15) is 14.7 Å². The predicted octanol–water partition coefficient (Wildman–Crippen LogP) is 6.10. The van der Waals surface area contributed by atoms with Gasteiger partial charge in [0.2, 0.25) is 0 Å². The molecule has 1 saturated carbocycles. The zero-order chi connectivity index (χ0) is 33.1. The van der Waals surface area contributed by atoms with E-state index >= 15 is 4.39 Å². The number of fused-ring (bicyclic) bond motifs is 2. The Bertz CT molecular complexity index is 2040. The maximum atomic E-state index is 15.3. The normalized spacial score (nSPS) is 19.0. The summed E-state index contributed by atoms with van der Waals surface area (Å²) in [4.78, 5) is 30.2. The van der Waals surface area contributed by atoms with Crippen molar-refractivity contribution in [1.82, 2.24) is 24.0 Å². The molecule has 0 spiro atoms. The van der Waals surface area contributed by atoms with Gasteiger partial charge in [-0.1, -0.05) is 0 Å². The lowest BCUT2D eigenvalue weighted by atomic mass is 9.88. The van der Waals surface area contributed by atoms with Crippen LogP contribution in [0, 0.1) is 18.7 Å². The number of piperidine rings is 2. The lowest BCUT2D eigenvalue weighted by Gasteiger charge is -2.33. The first-order valence-electron chi connectivity index (χ1n) is 17.2. The van der Waals surface area contributed by atoms with Crippen LogP contribution in [0.5, 0.6) is 5.75 Å². The molecule has 0 radical (unpaired) electrons. The number of phenols is 1. The van der Waals surface area contributed by atoms with E-state index < -0.39 is 0 Å². The molecule has 2 aromatic carbocycles. The molecule has 5 heterocycles. The van der Waals surface area contributed by atoms with Crippen LogP contribution in [-0.2, 0) is 6.54 Å². The third-order valence-electron chi connectivity index (χ3n) is 10.6. The summed E-state index contributed by atoms with van der Waals surface area (Å²) in [5.74, 6) is 0.462. The number of carbonyl (C=O) groups is 2. The first-order chi connectivity index (χ1) is 23.2. The van der Waals surface area contributed by atoms with Crippen molar-refractivity contribution in [1.29, 1.82) is 0 Å². The Morgan fingerprint density at radius 2 is 1.65 bits per heavy atom. The smallest absolute Gasteiger partial charge is 0.255 e. The molecule has 3 fully saturated rings. The molecule has 3 aliphatic rings. The van der Waals surface area contributed by atoms with Gasteiger partial charge in [-0.05, 0) is 117 Å². The van der Waals surface area contributed by atoms with Crippen LogP contribution >= 0.6 is 0 Å². The van der Waals surface area contributed by atoms with E-state index in [4.69, 9.17) is 10.8 Å². The van der Waals surface area contributed by atoms with Crippen molar-refractivity contribution in [2.24, 2.45) is 11.7 Å². The number of rotatable bonds is 6. The average molecular weight is 649 g/mol. The third kappa shape index (κ3) is 5.61. The van der Waals surface area contributed by atoms with E-state index in [1.165, 1.54) is 25.0 Å². The Morgan fingerprint density at radius 1 is 0.917 bits per heavy atom. The Balaban J connectivity index is 1.13. The number of phenolic OH excluding ortho intramolecular Hbond substituents is 1. The number of benzene rings is 2. The van der Waals surface area contributed by atoms with Crippen molar-refractivity contribution in [3.8, 4) is 17.1 Å². The monoisotopic (exact) mass is 648 g/mol. The summed E-state index contributed by atoms with van der Waals surface area (Å²) in [5, 5.41) is 15.5. The van der Waals surface area contributed by atoms with Crippen LogP contribution in [0.25, 0.3) is 27.8 Å². The van der Waals surface area contributed by atoms with Crippen molar-refractivity contribution in [3.63, 3.8) is 0 Å². The van der Waals surface area contributed by atoms with E-state index in [2.05, 4.69) is 17.6 Å². The third-order valence-corrected chi connectivity index (χ3v) is 10.6. The van der Waals surface area contributed by atoms with Crippen molar-refractivity contribution in [3.05, 3.63) is 88.9 Å². The number of likely N-dealkylation sites (tertiary alicyclic amines) is 2. The molecule has 8 rings (SSSR count). The highest BCUT2D eigenvalue weighted by molar-refractivity contribution is 5.95. The van der Waals surface area contributed by atoms with E-state index in [0.29, 0.717) is 43.2 Å². The van der Waals surface area contributed by atoms with Gasteiger partial charge in [0, 0.05) is 61.5 Å². The van der Waals surface area contributed by atoms with Crippen LogP contribution in [-0.4, -0.2) is 73.1 Å². The van der Waals surface area contributed by atoms with Crippen LogP contribution in [0.1, 0.15) is 76.3 Å². The lowest BCUT2D eigenvalue weighted by Crippen LogP contribution is -2.45. The molecule has 1 aliphatic carbocycles. The number of halogens is 1. The van der Waals surface area contributed by atoms with Crippen LogP contribution in [0.2, 0.25) is 0 Å². The molecule has 0 bridgehead atoms. The van der Waals surface area contributed by atoms with Gasteiger partial charge >= 0.3 is 0 Å². The Morgan fingerprint density at radius 3 is 2.38 bits per heavy atom. The summed E-state index contributed by atoms with van der Waals surface area (Å²) < 4.78 is 19.5. The van der Waals surface area contributed by atoms with Gasteiger partial charge in [-0.2, -0.15) is 5.10 Å². The zero-order valence-electron chi connectivity index (χ0n) is 27.2. The van der Waals surface area contributed by atoms with Crippen molar-refractivity contribution >= 4 is 28.2 Å². The van der Waals surface area contributed by atoms with E-state index in [1.807, 2.05) is 32.6 Å². The minimum absolute atomic E-state index is 0.00800. The van der Waals surface area contributed by atoms with Crippen molar-refractivity contribution < 1.29 is 19.1 Å². The van der Waals surface area contributed by atoms with Gasteiger partial charge in [-0.15, -0.1) is 0 Å². The largest absolute Gasteiger partial charge is 0.508 e. The van der Waals surface area contributed by atoms with E-state index in [-0.39, 0.29) is 35.3 Å². The molecular formula is C38H41FN6O3. The van der Waals surface area contributed by atoms with Crippen molar-refractivity contribution in [2.75, 3.05) is 26.2 Å². The van der Waals surface area contributed by atoms with Gasteiger partial charge in [-0.25, -0.2) is 8.91 Å². The molecule has 9 nitrogen and oxygen atoms in total. The summed E-state index contributed by atoms with van der Waals surface area (Å²) in [7, 11) is 0. The number of nitrogens with two attached hydrogens (primary N) is 1. The predicted molar refractivity (Wildman–Crippen MR) is 183 cm³/mol. The minimum atomic E-state index is -0.262. The maximum absolute atomic E-state index is 15.3. The quantitative estimate of drug-likeness (QED) is 0.231. The summed E-state index contributed by atoms with van der Waals surface area (Å²) in [5.41, 5.74) is 13.1. The fraction of sp³-hybridized carbons (Fsp3) is 0.395. The standard InChI is InChI=1S/C38H41FN6O3/c1-23-33-11-8-27(38(48)43-14-2-3-30(40)22-43)21-45(33)41-35(23)34-18-28-17-29(39)19-32(36(28)44(34)20-24-4-5-24)25-12-15-42(16-13-25)37(47)26-6-9-31(46)10-7-26/h6-11,17-19,21,24-25,30,46H,2-5,12-16,20,22,40H2,1H3/t30-/m1/s1. The Labute approximate surface area is 278 Å². The number of pyridine rings is 1. The summed E-state index contributed by atoms with van der Waals surface area (Å²) >= 11 is 0. The van der Waals surface area contributed by atoms with Crippen LogP contribution in [0.15, 0.2) is 60.8 Å². The molecule has 3 aromatic heterocycles. The second-order valence-electron chi connectivity index (χ2n) is 14.0. The molecule has 5 aromatic rings. The highest BCUT2D eigenvalue weighted by atomic mass is 19.1. The SMILES string of the molecule is Cc1c(-c2cc3cc(F)cc(C4CCN(C(=O)c5ccc(O)cc5)CC4)c3n2CC2CC2)nn2cc(C(=O)N3CCC[C@@H](N)C3)ccc12. The minimum Gasteiger partial charge on any atom is -0.508 e. The molecular weight excluding hydrogens is 607 g/mol. The molecule has 3 N–H and O–H groups in total. The number of hydrogen-bond donors (Lipinski definition) is 2. The topological polar surface area (TPSA) is 109 Å². The van der Waals surface area contributed by atoms with E-state index in [1.54, 1.807) is 24.3 Å². The number of nitrogens with zero attached hydrogens (tertiary/aromatic N) is 5. The first kappa shape index (κ1) is 30.6. The summed E-state index contributed by atoms with van der Waals surface area (Å²) in [6.07, 6.45) is 7.47. The fourth-order valence-electron chi connectivity index (χ4n) is 7.77. The van der Waals surface area contributed by atoms with Crippen LogP contribution < -0.4 is 5.73 Å². The van der Waals surface area contributed by atoms with Gasteiger partial charge in [0.05, 0.1) is 22.3 Å². The zero-order valence-corrected chi connectivity index (χ0v) is 27.2. The maximum Gasteiger partial charge on any atom is 0.255 e. The summed E-state index contributed by atoms with van der Waals surface area (Å²) in [6.45, 7) is 5.32. The molecule has 1 atom stereocenters. The number of carbonyl (C=O) groups excluding carboxylic acids is 2. The summed E-state index contributed by atoms with van der Waals surface area (Å²) in [6, 6.07) is 15.6. The van der Waals surface area contributed by atoms with Gasteiger partial charge < -0.3 is 25.2 Å². The van der Waals surface area contributed by atoms with Gasteiger partial charge in [-0.3, -0.25) is 9.59 Å². The molecule has 10 heteroatoms. The molecule has 0 unspecified atom stereocenters. The Hall–Kier alpha value is -4.70. The highest BCUT2D eigenvalue weighted by Gasteiger charge is 2.31. The fourth-order valence-corrected chi connectivity index (χ4v) is 7.77. The number of hydrogen-bond acceptors (Lipinski definition) is 5. The van der Waals surface area contributed by atoms with Gasteiger partial charge in [0.1, 0.15) is 17.3 Å². The number of aryl methyl sites for hydroxylation is 1. The number of amides is 2. The second-order valence-corrected chi connectivity index (χ2v) is 14.0. The molecule has 248 valence electrons. The average Bonchev–Trinajstić information content (AvgIpc) is 3.77. The van der Waals surface area contributed by atoms with Crippen LogP contribution in [0.4, 0.5) is 4.39 Å². The molecule has 2 saturated heterocycles. The second kappa shape index (κ2) is 12.1. The number of aromatic nitrogens is 3. The van der Waals surface area contributed by atoms with Crippen molar-refractivity contribution in [2.45, 2.75) is 64.0 Å². The highest BCUT2D eigenvalue weighted by Crippen LogP contribution is 2.41. The molecule has 2 aliphatic heterocycles. The molecule has 2 amide bonds. The van der Waals surface area contributed by atoms with Gasteiger partial charge in [0.25, 0.3) is 11.8 Å². The lowest BCUT2D eigenvalue weighted by molar-refractivity contribution is 0.0703. The van der Waals surface area contributed by atoms with Gasteiger partial charge in [0.15, 0.2) is 0 Å². The number of aromatic hydroxyl groups is 1.